The summed E-state index contributed by atoms with van der Waals surface area (Å²) in [6, 6.07) is 13.5. The van der Waals surface area contributed by atoms with E-state index in [-0.39, 0.29) is 29.2 Å². The average Bonchev–Trinajstić information content (AvgIpc) is 3.61. The Labute approximate surface area is 247 Å². The van der Waals surface area contributed by atoms with Gasteiger partial charge < -0.3 is 24.8 Å². The van der Waals surface area contributed by atoms with Crippen LogP contribution in [0.25, 0.3) is 11.0 Å². The highest BCUT2D eigenvalue weighted by Gasteiger charge is 2.42. The summed E-state index contributed by atoms with van der Waals surface area (Å²) in [6.07, 6.45) is 5.72. The first-order valence-electron chi connectivity index (χ1n) is 14.5. The number of hydrogen-bond acceptors (Lipinski definition) is 6. The molecule has 3 unspecified atom stereocenters. The van der Waals surface area contributed by atoms with Gasteiger partial charge in [0.25, 0.3) is 5.91 Å². The number of halogens is 1. The van der Waals surface area contributed by atoms with Crippen molar-refractivity contribution in [1.82, 2.24) is 10.2 Å². The SMILES string of the molecule is COc1ccccc1N1CCN(CCCNC(=O)c2cccc3c(=O)c(C)c(C4CC5CCC4C5)oc23)CC1.Cl.O. The molecule has 1 aliphatic heterocycles. The second-order valence-electron chi connectivity index (χ2n) is 11.5. The number of nitrogens with one attached hydrogen (secondary N) is 1. The van der Waals surface area contributed by atoms with Crippen LogP contribution < -0.4 is 20.4 Å². The van der Waals surface area contributed by atoms with Gasteiger partial charge in [-0.2, -0.15) is 0 Å². The number of hydrogen-bond donors (Lipinski definition) is 1. The summed E-state index contributed by atoms with van der Waals surface area (Å²) in [6.45, 7) is 7.25. The molecule has 3 aromatic rings. The van der Waals surface area contributed by atoms with Crippen LogP contribution in [0.4, 0.5) is 5.69 Å². The van der Waals surface area contributed by atoms with Crippen LogP contribution in [0.15, 0.2) is 51.7 Å². The average molecular weight is 584 g/mol. The molecular formula is C32H42ClN3O5. The Morgan fingerprint density at radius 3 is 2.54 bits per heavy atom. The molecule has 3 fully saturated rings. The fraction of sp³-hybridized carbons (Fsp3) is 0.500. The molecule has 3 N–H and O–H groups in total. The first-order valence-corrected chi connectivity index (χ1v) is 14.5. The number of anilines is 1. The second kappa shape index (κ2) is 13.3. The van der Waals surface area contributed by atoms with Gasteiger partial charge in [-0.1, -0.05) is 24.6 Å². The predicted octanol–water partition coefficient (Wildman–Crippen LogP) is 4.55. The maximum absolute atomic E-state index is 13.3. The summed E-state index contributed by atoms with van der Waals surface area (Å²) in [5, 5.41) is 3.58. The van der Waals surface area contributed by atoms with Crippen LogP contribution in [0.5, 0.6) is 5.75 Å². The number of para-hydroxylation sites is 3. The Morgan fingerprint density at radius 1 is 1.05 bits per heavy atom. The number of piperazine rings is 1. The highest BCUT2D eigenvalue weighted by molar-refractivity contribution is 6.04. The second-order valence-corrected chi connectivity index (χ2v) is 11.5. The third kappa shape index (κ3) is 6.10. The van der Waals surface area contributed by atoms with Gasteiger partial charge in [0.1, 0.15) is 11.5 Å². The molecule has 3 atom stereocenters. The number of rotatable bonds is 8. The van der Waals surface area contributed by atoms with Gasteiger partial charge >= 0.3 is 0 Å². The maximum Gasteiger partial charge on any atom is 0.255 e. The summed E-state index contributed by atoms with van der Waals surface area (Å²) in [4.78, 5) is 31.3. The first kappa shape index (κ1) is 30.9. The van der Waals surface area contributed by atoms with E-state index in [0.717, 1.165) is 68.7 Å². The third-order valence-electron chi connectivity index (χ3n) is 9.24. The Morgan fingerprint density at radius 2 is 1.83 bits per heavy atom. The van der Waals surface area contributed by atoms with E-state index in [0.29, 0.717) is 40.5 Å². The molecule has 2 aromatic carbocycles. The Balaban J connectivity index is 0.00000194. The summed E-state index contributed by atoms with van der Waals surface area (Å²) >= 11 is 0. The minimum absolute atomic E-state index is 0. The normalized spacial score (nSPS) is 21.8. The molecule has 0 spiro atoms. The number of fused-ring (bicyclic) bond motifs is 3. The van der Waals surface area contributed by atoms with Crippen LogP contribution in [-0.4, -0.2) is 62.7 Å². The van der Waals surface area contributed by atoms with Gasteiger partial charge in [-0.05, 0) is 75.3 Å². The minimum Gasteiger partial charge on any atom is -0.495 e. The Kier molecular flexibility index (Phi) is 10.00. The van der Waals surface area contributed by atoms with Crippen molar-refractivity contribution in [2.45, 2.75) is 44.9 Å². The molecule has 3 aliphatic rings. The number of nitrogens with zero attached hydrogens (tertiary/aromatic N) is 2. The molecular weight excluding hydrogens is 542 g/mol. The lowest BCUT2D eigenvalue weighted by molar-refractivity contribution is 0.0952. The largest absolute Gasteiger partial charge is 0.495 e. The fourth-order valence-electron chi connectivity index (χ4n) is 7.13. The van der Waals surface area contributed by atoms with E-state index in [1.54, 1.807) is 25.3 Å². The number of carbonyl (C=O) groups is 1. The molecule has 1 aromatic heterocycles. The van der Waals surface area contributed by atoms with Gasteiger partial charge in [0.15, 0.2) is 11.0 Å². The van der Waals surface area contributed by atoms with Crippen LogP contribution in [0.2, 0.25) is 0 Å². The summed E-state index contributed by atoms with van der Waals surface area (Å²) in [5.41, 5.74) is 2.75. The van der Waals surface area contributed by atoms with E-state index in [1.165, 1.54) is 19.3 Å². The predicted molar refractivity (Wildman–Crippen MR) is 165 cm³/mol. The van der Waals surface area contributed by atoms with Crippen LogP contribution in [0, 0.1) is 18.8 Å². The van der Waals surface area contributed by atoms with Crippen molar-refractivity contribution in [3.63, 3.8) is 0 Å². The maximum atomic E-state index is 13.3. The van der Waals surface area contributed by atoms with Crippen molar-refractivity contribution in [2.75, 3.05) is 51.3 Å². The molecule has 2 heterocycles. The zero-order valence-corrected chi connectivity index (χ0v) is 24.8. The van der Waals surface area contributed by atoms with Gasteiger partial charge in [-0.15, -0.1) is 12.4 Å². The molecule has 2 saturated carbocycles. The molecule has 9 heteroatoms. The van der Waals surface area contributed by atoms with Gasteiger partial charge in [-0.3, -0.25) is 14.5 Å². The fourth-order valence-corrected chi connectivity index (χ4v) is 7.13. The van der Waals surface area contributed by atoms with Gasteiger partial charge in [-0.25, -0.2) is 0 Å². The molecule has 41 heavy (non-hydrogen) atoms. The van der Waals surface area contributed by atoms with Gasteiger partial charge in [0.2, 0.25) is 0 Å². The number of carbonyl (C=O) groups excluding carboxylic acids is 1. The monoisotopic (exact) mass is 583 g/mol. The highest BCUT2D eigenvalue weighted by atomic mass is 35.5. The Bertz CT molecular complexity index is 1420. The minimum atomic E-state index is -0.174. The lowest BCUT2D eigenvalue weighted by atomic mass is 9.85. The van der Waals surface area contributed by atoms with Crippen molar-refractivity contribution in [1.29, 1.82) is 0 Å². The Hall–Kier alpha value is -3.07. The molecule has 0 radical (unpaired) electrons. The van der Waals surface area contributed by atoms with Crippen LogP contribution in [0.1, 0.15) is 59.7 Å². The van der Waals surface area contributed by atoms with Crippen molar-refractivity contribution < 1.29 is 19.4 Å². The van der Waals surface area contributed by atoms with Crippen LogP contribution >= 0.6 is 12.4 Å². The summed E-state index contributed by atoms with van der Waals surface area (Å²) in [7, 11) is 1.72. The third-order valence-corrected chi connectivity index (χ3v) is 9.24. The van der Waals surface area contributed by atoms with Crippen molar-refractivity contribution >= 4 is 35.0 Å². The highest BCUT2D eigenvalue weighted by Crippen LogP contribution is 2.53. The molecule has 6 rings (SSSR count). The van der Waals surface area contributed by atoms with Gasteiger partial charge in [0, 0.05) is 44.2 Å². The van der Waals surface area contributed by atoms with E-state index in [2.05, 4.69) is 21.2 Å². The molecule has 2 aliphatic carbocycles. The van der Waals surface area contributed by atoms with E-state index in [9.17, 15) is 9.59 Å². The quantitative estimate of drug-likeness (QED) is 0.390. The van der Waals surface area contributed by atoms with Crippen molar-refractivity contribution in [3.8, 4) is 5.75 Å². The number of ether oxygens (including phenoxy) is 1. The standard InChI is InChI=1S/C32H39N3O4.ClH.H2O/c1-21-29(36)24-7-5-8-25(31(24)39-30(21)26-20-22-11-12-23(26)19-22)32(37)33-13-6-14-34-15-17-35(18-16-34)27-9-3-4-10-28(27)38-2;;/h3-5,7-10,22-23,26H,6,11-20H2,1-2H3,(H,33,37);1H;1H2. The van der Waals surface area contributed by atoms with Gasteiger partial charge in [0.05, 0.1) is 23.7 Å². The van der Waals surface area contributed by atoms with E-state index >= 15 is 0 Å². The van der Waals surface area contributed by atoms with E-state index in [4.69, 9.17) is 9.15 Å². The molecule has 1 saturated heterocycles. The lowest BCUT2D eigenvalue weighted by Crippen LogP contribution is -2.47. The zero-order chi connectivity index (χ0) is 26.9. The van der Waals surface area contributed by atoms with Crippen LogP contribution in [0.3, 0.4) is 0 Å². The molecule has 1 amide bonds. The molecule has 222 valence electrons. The number of amides is 1. The van der Waals surface area contributed by atoms with Crippen molar-refractivity contribution in [2.24, 2.45) is 11.8 Å². The molecule has 2 bridgehead atoms. The number of methoxy groups -OCH3 is 1. The van der Waals surface area contributed by atoms with E-state index in [1.807, 2.05) is 25.1 Å². The molecule has 8 nitrogen and oxygen atoms in total. The summed E-state index contributed by atoms with van der Waals surface area (Å²) < 4.78 is 12.0. The number of benzene rings is 2. The summed E-state index contributed by atoms with van der Waals surface area (Å²) in [5.74, 6) is 3.21. The topological polar surface area (TPSA) is 107 Å². The first-order chi connectivity index (χ1) is 19.0. The van der Waals surface area contributed by atoms with E-state index < -0.39 is 0 Å². The van der Waals surface area contributed by atoms with Crippen LogP contribution in [-0.2, 0) is 0 Å². The smallest absolute Gasteiger partial charge is 0.255 e. The van der Waals surface area contributed by atoms with Crippen molar-refractivity contribution in [3.05, 3.63) is 69.6 Å². The lowest BCUT2D eigenvalue weighted by Gasteiger charge is -2.36. The zero-order valence-electron chi connectivity index (χ0n) is 24.0.